The highest BCUT2D eigenvalue weighted by Gasteiger charge is 2.17. The van der Waals surface area contributed by atoms with Crippen LogP contribution in [-0.2, 0) is 10.0 Å². The van der Waals surface area contributed by atoms with Crippen molar-refractivity contribution in [3.05, 3.63) is 54.1 Å². The summed E-state index contributed by atoms with van der Waals surface area (Å²) in [6.45, 7) is 0. The summed E-state index contributed by atoms with van der Waals surface area (Å²) < 4.78 is 32.0. The number of ether oxygens (including phenoxy) is 1. The first-order valence-electron chi connectivity index (χ1n) is 5.93. The highest BCUT2D eigenvalue weighted by atomic mass is 32.2. The van der Waals surface area contributed by atoms with E-state index in [0.717, 1.165) is 6.07 Å². The summed E-state index contributed by atoms with van der Waals surface area (Å²) in [5, 5.41) is 8.91. The Hall–Kier alpha value is -2.54. The molecule has 2 aromatic carbocycles. The van der Waals surface area contributed by atoms with E-state index in [0.29, 0.717) is 5.75 Å². The number of carbonyl (C=O) groups is 1. The second-order valence-electron chi connectivity index (χ2n) is 4.14. The molecule has 0 radical (unpaired) electrons. The molecule has 7 heteroatoms. The molecule has 0 atom stereocenters. The van der Waals surface area contributed by atoms with Gasteiger partial charge in [-0.05, 0) is 30.3 Å². The molecule has 6 nitrogen and oxygen atoms in total. The number of carboxylic acids is 1. The maximum atomic E-state index is 12.3. The third-order valence-corrected chi connectivity index (χ3v) is 4.11. The van der Waals surface area contributed by atoms with Gasteiger partial charge >= 0.3 is 5.97 Å². The van der Waals surface area contributed by atoms with Crippen molar-refractivity contribution < 1.29 is 23.1 Å². The van der Waals surface area contributed by atoms with Crippen LogP contribution < -0.4 is 9.46 Å². The molecule has 21 heavy (non-hydrogen) atoms. The van der Waals surface area contributed by atoms with E-state index in [1.165, 1.54) is 25.3 Å². The number of benzene rings is 2. The second-order valence-corrected chi connectivity index (χ2v) is 5.82. The Morgan fingerprint density at radius 3 is 2.52 bits per heavy atom. The molecule has 0 heterocycles. The van der Waals surface area contributed by atoms with Crippen LogP contribution in [0, 0.1) is 0 Å². The van der Waals surface area contributed by atoms with Gasteiger partial charge in [0.1, 0.15) is 5.75 Å². The number of methoxy groups -OCH3 is 1. The summed E-state index contributed by atoms with van der Waals surface area (Å²) in [7, 11) is -2.47. The largest absolute Gasteiger partial charge is 0.495 e. The topological polar surface area (TPSA) is 92.7 Å². The fourth-order valence-electron chi connectivity index (χ4n) is 1.73. The van der Waals surface area contributed by atoms with Gasteiger partial charge in [0, 0.05) is 0 Å². The smallest absolute Gasteiger partial charge is 0.335 e. The second kappa shape index (κ2) is 5.84. The minimum absolute atomic E-state index is 0.0992. The van der Waals surface area contributed by atoms with Crippen LogP contribution in [-0.4, -0.2) is 26.6 Å². The van der Waals surface area contributed by atoms with Gasteiger partial charge in [-0.2, -0.15) is 0 Å². The number of nitrogens with one attached hydrogen (secondary N) is 1. The van der Waals surface area contributed by atoms with Gasteiger partial charge in [-0.1, -0.05) is 18.2 Å². The van der Waals surface area contributed by atoms with Gasteiger partial charge in [-0.25, -0.2) is 13.2 Å². The lowest BCUT2D eigenvalue weighted by atomic mass is 10.2. The fourth-order valence-corrected chi connectivity index (χ4v) is 2.84. The van der Waals surface area contributed by atoms with Crippen molar-refractivity contribution in [1.29, 1.82) is 0 Å². The monoisotopic (exact) mass is 307 g/mol. The number of hydrogen-bond donors (Lipinski definition) is 2. The molecule has 0 saturated carbocycles. The van der Waals surface area contributed by atoms with E-state index in [9.17, 15) is 13.2 Å². The van der Waals surface area contributed by atoms with Gasteiger partial charge in [0.2, 0.25) is 0 Å². The first-order chi connectivity index (χ1) is 9.94. The lowest BCUT2D eigenvalue weighted by molar-refractivity contribution is 0.0696. The highest BCUT2D eigenvalue weighted by molar-refractivity contribution is 7.92. The Labute approximate surface area is 122 Å². The Morgan fingerprint density at radius 2 is 1.86 bits per heavy atom. The molecule has 0 aliphatic carbocycles. The van der Waals surface area contributed by atoms with E-state index in [1.54, 1.807) is 24.3 Å². The van der Waals surface area contributed by atoms with Crippen molar-refractivity contribution in [2.45, 2.75) is 4.90 Å². The average molecular weight is 307 g/mol. The van der Waals surface area contributed by atoms with Crippen molar-refractivity contribution in [1.82, 2.24) is 0 Å². The molecule has 2 N–H and O–H groups in total. The van der Waals surface area contributed by atoms with Crippen LogP contribution in [0.25, 0.3) is 0 Å². The SMILES string of the molecule is COc1ccccc1NS(=O)(=O)c1cccc(C(=O)O)c1. The first-order valence-corrected chi connectivity index (χ1v) is 7.41. The fraction of sp³-hybridized carbons (Fsp3) is 0.0714. The number of carboxylic acid groups (broad SMARTS) is 1. The maximum absolute atomic E-state index is 12.3. The summed E-state index contributed by atoms with van der Waals surface area (Å²) in [5.74, 6) is -0.820. The van der Waals surface area contributed by atoms with Crippen molar-refractivity contribution in [2.75, 3.05) is 11.8 Å². The predicted molar refractivity (Wildman–Crippen MR) is 77.2 cm³/mol. The zero-order chi connectivity index (χ0) is 15.5. The van der Waals surface area contributed by atoms with Crippen LogP contribution in [0.5, 0.6) is 5.75 Å². The quantitative estimate of drug-likeness (QED) is 0.883. The Kier molecular flexibility index (Phi) is 4.13. The minimum atomic E-state index is -3.90. The third kappa shape index (κ3) is 3.32. The molecule has 0 aliphatic heterocycles. The molecule has 0 unspecified atom stereocenters. The van der Waals surface area contributed by atoms with Gasteiger partial charge in [0.05, 0.1) is 23.3 Å². The van der Waals surface area contributed by atoms with Crippen LogP contribution in [0.15, 0.2) is 53.4 Å². The van der Waals surface area contributed by atoms with Gasteiger partial charge in [-0.3, -0.25) is 4.72 Å². The van der Waals surface area contributed by atoms with E-state index in [4.69, 9.17) is 9.84 Å². The zero-order valence-corrected chi connectivity index (χ0v) is 11.9. The number of para-hydroxylation sites is 2. The molecule has 0 spiro atoms. The zero-order valence-electron chi connectivity index (χ0n) is 11.1. The van der Waals surface area contributed by atoms with Crippen molar-refractivity contribution in [3.63, 3.8) is 0 Å². The number of anilines is 1. The number of aromatic carboxylic acids is 1. The van der Waals surface area contributed by atoms with Gasteiger partial charge in [0.25, 0.3) is 10.0 Å². The van der Waals surface area contributed by atoms with Gasteiger partial charge in [-0.15, -0.1) is 0 Å². The van der Waals surface area contributed by atoms with Crippen LogP contribution in [0.1, 0.15) is 10.4 Å². The van der Waals surface area contributed by atoms with Crippen LogP contribution in [0.4, 0.5) is 5.69 Å². The summed E-state index contributed by atoms with van der Waals surface area (Å²) >= 11 is 0. The van der Waals surface area contributed by atoms with Crippen molar-refractivity contribution in [2.24, 2.45) is 0 Å². The molecule has 2 rings (SSSR count). The van der Waals surface area contributed by atoms with E-state index < -0.39 is 16.0 Å². The van der Waals surface area contributed by atoms with E-state index >= 15 is 0 Å². The van der Waals surface area contributed by atoms with Gasteiger partial charge < -0.3 is 9.84 Å². The molecule has 0 amide bonds. The van der Waals surface area contributed by atoms with Crippen molar-refractivity contribution in [3.8, 4) is 5.75 Å². The van der Waals surface area contributed by atoms with Crippen LogP contribution in [0.3, 0.4) is 0 Å². The molecule has 0 fully saturated rings. The van der Waals surface area contributed by atoms with Crippen LogP contribution >= 0.6 is 0 Å². The first kappa shape index (κ1) is 14.9. The lowest BCUT2D eigenvalue weighted by Crippen LogP contribution is -2.14. The predicted octanol–water partition coefficient (Wildman–Crippen LogP) is 2.19. The number of rotatable bonds is 5. The summed E-state index contributed by atoms with van der Waals surface area (Å²) in [4.78, 5) is 10.8. The molecule has 0 bridgehead atoms. The van der Waals surface area contributed by atoms with E-state index in [-0.39, 0.29) is 16.1 Å². The number of sulfonamides is 1. The van der Waals surface area contributed by atoms with Gasteiger partial charge in [0.15, 0.2) is 0 Å². The summed E-state index contributed by atoms with van der Waals surface area (Å²) in [6, 6.07) is 11.7. The molecular weight excluding hydrogens is 294 g/mol. The standard InChI is InChI=1S/C14H13NO5S/c1-20-13-8-3-2-7-12(13)15-21(18,19)11-6-4-5-10(9-11)14(16)17/h2-9,15H,1H3,(H,16,17). The summed E-state index contributed by atoms with van der Waals surface area (Å²) in [6.07, 6.45) is 0. The number of hydrogen-bond acceptors (Lipinski definition) is 4. The summed E-state index contributed by atoms with van der Waals surface area (Å²) in [5.41, 5.74) is 0.179. The van der Waals surface area contributed by atoms with E-state index in [2.05, 4.69) is 4.72 Å². The van der Waals surface area contributed by atoms with Crippen LogP contribution in [0.2, 0.25) is 0 Å². The third-order valence-electron chi connectivity index (χ3n) is 2.74. The van der Waals surface area contributed by atoms with Crippen molar-refractivity contribution >= 4 is 21.7 Å². The Morgan fingerprint density at radius 1 is 1.14 bits per heavy atom. The Balaban J connectivity index is 2.39. The van der Waals surface area contributed by atoms with E-state index in [1.807, 2.05) is 0 Å². The molecular formula is C14H13NO5S. The molecule has 0 aliphatic rings. The molecule has 0 aromatic heterocycles. The average Bonchev–Trinajstić information content (AvgIpc) is 2.47. The normalized spacial score (nSPS) is 10.9. The molecule has 2 aromatic rings. The minimum Gasteiger partial charge on any atom is -0.495 e. The lowest BCUT2D eigenvalue weighted by Gasteiger charge is -2.11. The molecule has 110 valence electrons. The maximum Gasteiger partial charge on any atom is 0.335 e. The molecule has 0 saturated heterocycles. The Bertz CT molecular complexity index is 770. The highest BCUT2D eigenvalue weighted by Crippen LogP contribution is 2.26.